The van der Waals surface area contributed by atoms with Crippen LogP contribution in [0.5, 0.6) is 0 Å². The van der Waals surface area contributed by atoms with E-state index in [0.717, 1.165) is 11.4 Å². The summed E-state index contributed by atoms with van der Waals surface area (Å²) in [4.78, 5) is 0. The van der Waals surface area contributed by atoms with Crippen molar-refractivity contribution in [1.82, 2.24) is 24.8 Å². The topological polar surface area (TPSA) is 48.5 Å². The maximum atomic E-state index is 4.66. The van der Waals surface area contributed by atoms with Gasteiger partial charge in [0.15, 0.2) is 0 Å². The lowest BCUT2D eigenvalue weighted by Gasteiger charge is -2.25. The van der Waals surface area contributed by atoms with Crippen LogP contribution in [-0.4, -0.2) is 24.8 Å². The SMILES string of the molecule is Cc1ccc([C@@H](C)n2cc(-c3ccn(C4CCC4)n3)nn2)cc1. The third-order valence-electron chi connectivity index (χ3n) is 4.79. The molecule has 0 aliphatic heterocycles. The lowest BCUT2D eigenvalue weighted by atomic mass is 9.93. The predicted molar refractivity (Wildman–Crippen MR) is 89.1 cm³/mol. The number of hydrogen-bond donors (Lipinski definition) is 0. The highest BCUT2D eigenvalue weighted by molar-refractivity contribution is 5.51. The molecule has 1 aliphatic rings. The van der Waals surface area contributed by atoms with Crippen molar-refractivity contribution in [3.8, 4) is 11.4 Å². The van der Waals surface area contributed by atoms with Gasteiger partial charge >= 0.3 is 0 Å². The van der Waals surface area contributed by atoms with Crippen LogP contribution in [0.1, 0.15) is 49.4 Å². The van der Waals surface area contributed by atoms with E-state index in [1.54, 1.807) is 0 Å². The van der Waals surface area contributed by atoms with Crippen LogP contribution in [0, 0.1) is 6.92 Å². The summed E-state index contributed by atoms with van der Waals surface area (Å²) in [6.45, 7) is 4.23. The Labute approximate surface area is 135 Å². The van der Waals surface area contributed by atoms with Gasteiger partial charge in [-0.3, -0.25) is 4.68 Å². The van der Waals surface area contributed by atoms with Gasteiger partial charge in [-0.1, -0.05) is 35.0 Å². The fourth-order valence-corrected chi connectivity index (χ4v) is 2.91. The van der Waals surface area contributed by atoms with Crippen molar-refractivity contribution in [1.29, 1.82) is 0 Å². The second-order valence-electron chi connectivity index (χ2n) is 6.44. The van der Waals surface area contributed by atoms with E-state index in [2.05, 4.69) is 64.4 Å². The number of nitrogens with zero attached hydrogens (tertiary/aromatic N) is 5. The molecule has 5 nitrogen and oxygen atoms in total. The van der Waals surface area contributed by atoms with E-state index in [-0.39, 0.29) is 6.04 Å². The minimum Gasteiger partial charge on any atom is -0.269 e. The molecule has 0 spiro atoms. The summed E-state index contributed by atoms with van der Waals surface area (Å²) in [7, 11) is 0. The molecular weight excluding hydrogens is 286 g/mol. The summed E-state index contributed by atoms with van der Waals surface area (Å²) in [5.41, 5.74) is 4.23. The Kier molecular flexibility index (Phi) is 3.48. The Hall–Kier alpha value is -2.43. The molecule has 0 amide bonds. The standard InChI is InChI=1S/C18H21N5/c1-13-6-8-15(9-7-13)14(2)23-12-18(19-21-23)17-10-11-22(20-17)16-4-3-5-16/h6-12,14,16H,3-5H2,1-2H3/t14-/m1/s1. The van der Waals surface area contributed by atoms with Crippen LogP contribution in [0.25, 0.3) is 11.4 Å². The van der Waals surface area contributed by atoms with Gasteiger partial charge in [-0.25, -0.2) is 4.68 Å². The minimum absolute atomic E-state index is 0.158. The van der Waals surface area contributed by atoms with Crippen molar-refractivity contribution < 1.29 is 0 Å². The molecule has 0 saturated heterocycles. The molecular formula is C18H21N5. The first-order valence-electron chi connectivity index (χ1n) is 8.24. The molecule has 2 heterocycles. The lowest BCUT2D eigenvalue weighted by Crippen LogP contribution is -2.17. The lowest BCUT2D eigenvalue weighted by molar-refractivity contribution is 0.290. The van der Waals surface area contributed by atoms with Crippen LogP contribution in [-0.2, 0) is 0 Å². The third kappa shape index (κ3) is 2.67. The van der Waals surface area contributed by atoms with Gasteiger partial charge in [-0.15, -0.1) is 5.10 Å². The molecule has 0 radical (unpaired) electrons. The molecule has 1 aliphatic carbocycles. The van der Waals surface area contributed by atoms with E-state index in [1.807, 2.05) is 16.9 Å². The maximum absolute atomic E-state index is 4.66. The second-order valence-corrected chi connectivity index (χ2v) is 6.44. The smallest absolute Gasteiger partial charge is 0.133 e. The second kappa shape index (κ2) is 5.65. The summed E-state index contributed by atoms with van der Waals surface area (Å²) >= 11 is 0. The quantitative estimate of drug-likeness (QED) is 0.737. The van der Waals surface area contributed by atoms with Gasteiger partial charge in [0, 0.05) is 6.20 Å². The number of benzene rings is 1. The monoisotopic (exact) mass is 307 g/mol. The molecule has 1 aromatic carbocycles. The summed E-state index contributed by atoms with van der Waals surface area (Å²) < 4.78 is 3.98. The first-order valence-corrected chi connectivity index (χ1v) is 8.24. The Morgan fingerprint density at radius 2 is 1.87 bits per heavy atom. The van der Waals surface area contributed by atoms with E-state index in [4.69, 9.17) is 0 Å². The maximum Gasteiger partial charge on any atom is 0.133 e. The Bertz CT molecular complexity index is 795. The van der Waals surface area contributed by atoms with E-state index < -0.39 is 0 Å². The zero-order chi connectivity index (χ0) is 15.8. The summed E-state index contributed by atoms with van der Waals surface area (Å²) in [6, 6.07) is 11.3. The summed E-state index contributed by atoms with van der Waals surface area (Å²) in [5.74, 6) is 0. The molecule has 5 heteroatoms. The summed E-state index contributed by atoms with van der Waals surface area (Å²) in [6.07, 6.45) is 7.82. The third-order valence-corrected chi connectivity index (χ3v) is 4.79. The number of aromatic nitrogens is 5. The first kappa shape index (κ1) is 14.2. The van der Waals surface area contributed by atoms with Crippen molar-refractivity contribution in [3.63, 3.8) is 0 Å². The highest BCUT2D eigenvalue weighted by Gasteiger charge is 2.21. The molecule has 23 heavy (non-hydrogen) atoms. The van der Waals surface area contributed by atoms with Gasteiger partial charge in [0.25, 0.3) is 0 Å². The van der Waals surface area contributed by atoms with Gasteiger partial charge in [-0.05, 0) is 44.7 Å². The predicted octanol–water partition coefficient (Wildman–Crippen LogP) is 3.78. The Morgan fingerprint density at radius 1 is 1.09 bits per heavy atom. The largest absolute Gasteiger partial charge is 0.269 e. The van der Waals surface area contributed by atoms with E-state index >= 15 is 0 Å². The fraction of sp³-hybridized carbons (Fsp3) is 0.389. The summed E-state index contributed by atoms with van der Waals surface area (Å²) in [5, 5.41) is 13.3. The molecule has 0 N–H and O–H groups in total. The van der Waals surface area contributed by atoms with Gasteiger partial charge in [0.05, 0.1) is 18.3 Å². The zero-order valence-electron chi connectivity index (χ0n) is 13.6. The zero-order valence-corrected chi connectivity index (χ0v) is 13.6. The Balaban J connectivity index is 1.56. The fourth-order valence-electron chi connectivity index (χ4n) is 2.91. The van der Waals surface area contributed by atoms with Gasteiger partial charge in [-0.2, -0.15) is 5.10 Å². The van der Waals surface area contributed by atoms with Gasteiger partial charge in [0.1, 0.15) is 11.4 Å². The average molecular weight is 307 g/mol. The molecule has 0 bridgehead atoms. The van der Waals surface area contributed by atoms with Crippen molar-refractivity contribution in [2.24, 2.45) is 0 Å². The van der Waals surface area contributed by atoms with Crippen molar-refractivity contribution in [3.05, 3.63) is 53.9 Å². The van der Waals surface area contributed by atoms with Crippen LogP contribution in [0.2, 0.25) is 0 Å². The van der Waals surface area contributed by atoms with Gasteiger partial charge in [0.2, 0.25) is 0 Å². The van der Waals surface area contributed by atoms with Crippen LogP contribution in [0.3, 0.4) is 0 Å². The van der Waals surface area contributed by atoms with Crippen molar-refractivity contribution >= 4 is 0 Å². The van der Waals surface area contributed by atoms with Crippen LogP contribution in [0.15, 0.2) is 42.7 Å². The van der Waals surface area contributed by atoms with Crippen molar-refractivity contribution in [2.75, 3.05) is 0 Å². The Morgan fingerprint density at radius 3 is 2.57 bits per heavy atom. The minimum atomic E-state index is 0.158. The molecule has 3 aromatic rings. The molecule has 1 fully saturated rings. The normalized spacial score (nSPS) is 16.3. The molecule has 4 rings (SSSR count). The number of hydrogen-bond acceptors (Lipinski definition) is 3. The molecule has 118 valence electrons. The molecule has 2 aromatic heterocycles. The number of rotatable bonds is 4. The van der Waals surface area contributed by atoms with Gasteiger partial charge < -0.3 is 0 Å². The number of aryl methyl sites for hydroxylation is 1. The first-order chi connectivity index (χ1) is 11.2. The molecule has 1 atom stereocenters. The van der Waals surface area contributed by atoms with Crippen LogP contribution < -0.4 is 0 Å². The van der Waals surface area contributed by atoms with E-state index in [1.165, 1.54) is 30.4 Å². The van der Waals surface area contributed by atoms with E-state index in [9.17, 15) is 0 Å². The van der Waals surface area contributed by atoms with E-state index in [0.29, 0.717) is 6.04 Å². The average Bonchev–Trinajstić information content (AvgIpc) is 3.14. The highest BCUT2D eigenvalue weighted by Crippen LogP contribution is 2.31. The van der Waals surface area contributed by atoms with Crippen molar-refractivity contribution in [2.45, 2.75) is 45.2 Å². The van der Waals surface area contributed by atoms with Crippen LogP contribution in [0.4, 0.5) is 0 Å². The van der Waals surface area contributed by atoms with Crippen LogP contribution >= 0.6 is 0 Å². The highest BCUT2D eigenvalue weighted by atomic mass is 15.4. The molecule has 0 unspecified atom stereocenters. The molecule has 1 saturated carbocycles.